The van der Waals surface area contributed by atoms with Gasteiger partial charge in [-0.15, -0.1) is 0 Å². The van der Waals surface area contributed by atoms with Crippen LogP contribution in [0.2, 0.25) is 0 Å². The highest BCUT2D eigenvalue weighted by Crippen LogP contribution is 2.40. The van der Waals surface area contributed by atoms with Gasteiger partial charge in [0, 0.05) is 50.7 Å². The molecular weight excluding hydrogens is 472 g/mol. The van der Waals surface area contributed by atoms with Crippen molar-refractivity contribution >= 4 is 11.2 Å². The second-order valence-corrected chi connectivity index (χ2v) is 9.67. The van der Waals surface area contributed by atoms with Gasteiger partial charge in [0.05, 0.1) is 13.2 Å². The van der Waals surface area contributed by atoms with Crippen molar-refractivity contribution in [3.63, 3.8) is 0 Å². The molecule has 0 radical (unpaired) electrons. The predicted octanol–water partition coefficient (Wildman–Crippen LogP) is 3.59. The molecule has 11 heteroatoms. The van der Waals surface area contributed by atoms with E-state index >= 15 is 0 Å². The number of aryl methyl sites for hydroxylation is 1. The molecule has 1 aliphatic carbocycles. The minimum absolute atomic E-state index is 0.0867. The van der Waals surface area contributed by atoms with Crippen molar-refractivity contribution in [3.05, 3.63) is 56.1 Å². The van der Waals surface area contributed by atoms with Crippen LogP contribution in [0.1, 0.15) is 73.7 Å². The molecule has 36 heavy (non-hydrogen) atoms. The van der Waals surface area contributed by atoms with Crippen molar-refractivity contribution in [2.75, 3.05) is 13.7 Å². The van der Waals surface area contributed by atoms with Gasteiger partial charge in [-0.3, -0.25) is 18.7 Å². The number of pyridine rings is 1. The number of hydrogen-bond donors (Lipinski definition) is 0. The fourth-order valence-corrected chi connectivity index (χ4v) is 5.24. The van der Waals surface area contributed by atoms with Crippen molar-refractivity contribution in [1.29, 1.82) is 0 Å². The zero-order valence-electron chi connectivity index (χ0n) is 20.5. The Morgan fingerprint density at radius 2 is 1.89 bits per heavy atom. The van der Waals surface area contributed by atoms with Gasteiger partial charge in [-0.05, 0) is 44.2 Å². The van der Waals surface area contributed by atoms with Crippen LogP contribution in [0.3, 0.4) is 0 Å². The molecule has 1 saturated carbocycles. The fourth-order valence-electron chi connectivity index (χ4n) is 5.24. The first kappa shape index (κ1) is 24.5. The number of nitrogens with zero attached hydrogens (tertiary/aromatic N) is 5. The van der Waals surface area contributed by atoms with Crippen molar-refractivity contribution in [2.45, 2.75) is 69.4 Å². The Balaban J connectivity index is 1.61. The summed E-state index contributed by atoms with van der Waals surface area (Å²) in [5, 5.41) is 0. The Hall–Kier alpha value is -3.21. The first-order chi connectivity index (χ1) is 17.2. The smallest absolute Gasteiger partial charge is 0.281 e. The van der Waals surface area contributed by atoms with E-state index in [0.717, 1.165) is 5.56 Å². The van der Waals surface area contributed by atoms with E-state index < -0.39 is 12.0 Å². The second kappa shape index (κ2) is 9.34. The number of alkyl halides is 2. The number of ether oxygens (including phenoxy) is 2. The number of aromatic nitrogens is 5. The lowest BCUT2D eigenvalue weighted by Crippen LogP contribution is -2.38. The molecule has 3 aromatic rings. The first-order valence-corrected chi connectivity index (χ1v) is 12.2. The molecule has 0 bridgehead atoms. The summed E-state index contributed by atoms with van der Waals surface area (Å²) in [6.45, 7) is 2.07. The van der Waals surface area contributed by atoms with E-state index in [-0.39, 0.29) is 65.7 Å². The van der Waals surface area contributed by atoms with E-state index in [1.165, 1.54) is 16.2 Å². The summed E-state index contributed by atoms with van der Waals surface area (Å²) in [7, 11) is 3.14. The zero-order chi connectivity index (χ0) is 25.6. The second-order valence-electron chi connectivity index (χ2n) is 9.67. The molecule has 2 atom stereocenters. The van der Waals surface area contributed by atoms with Crippen molar-refractivity contribution in [1.82, 2.24) is 24.1 Å². The number of halogens is 2. The van der Waals surface area contributed by atoms with Gasteiger partial charge in [-0.25, -0.2) is 23.7 Å². The molecule has 192 valence electrons. The van der Waals surface area contributed by atoms with E-state index in [9.17, 15) is 18.4 Å². The molecule has 0 aromatic carbocycles. The van der Waals surface area contributed by atoms with Crippen LogP contribution < -0.4 is 15.9 Å². The van der Waals surface area contributed by atoms with Gasteiger partial charge in [0.25, 0.3) is 11.1 Å². The Morgan fingerprint density at radius 1 is 1.14 bits per heavy atom. The standard InChI is InChI=1S/C25H29F2N5O4/c1-14-29-22-21(23(33)31(14)2)30-20(24(34)32(22)17-4-8-25(26,27)9-5-17)16-7-11-36-18(12-16)15-6-10-28-19(13-15)35-3/h6,10,13,16-18H,4-5,7-9,11-12H2,1-3H3/t16-,18+/m0/s1. The van der Waals surface area contributed by atoms with Crippen LogP contribution in [0.15, 0.2) is 27.9 Å². The van der Waals surface area contributed by atoms with E-state index in [4.69, 9.17) is 9.47 Å². The maximum absolute atomic E-state index is 13.9. The first-order valence-electron chi connectivity index (χ1n) is 12.2. The molecule has 0 spiro atoms. The molecule has 5 rings (SSSR count). The van der Waals surface area contributed by atoms with E-state index in [0.29, 0.717) is 31.2 Å². The third-order valence-electron chi connectivity index (χ3n) is 7.43. The van der Waals surface area contributed by atoms with Crippen LogP contribution in [-0.2, 0) is 11.8 Å². The third-order valence-corrected chi connectivity index (χ3v) is 7.43. The van der Waals surface area contributed by atoms with Crippen LogP contribution in [0, 0.1) is 6.92 Å². The van der Waals surface area contributed by atoms with Gasteiger partial charge in [0.2, 0.25) is 11.8 Å². The molecule has 2 aliphatic rings. The monoisotopic (exact) mass is 501 g/mol. The topological polar surface area (TPSA) is 101 Å². The number of hydrogen-bond acceptors (Lipinski definition) is 7. The van der Waals surface area contributed by atoms with Crippen LogP contribution in [0.4, 0.5) is 8.78 Å². The molecule has 2 fully saturated rings. The summed E-state index contributed by atoms with van der Waals surface area (Å²) in [6.07, 6.45) is 2.01. The Bertz CT molecular complexity index is 1410. The lowest BCUT2D eigenvalue weighted by atomic mass is 9.89. The predicted molar refractivity (Wildman–Crippen MR) is 128 cm³/mol. The highest BCUT2D eigenvalue weighted by molar-refractivity contribution is 5.69. The largest absolute Gasteiger partial charge is 0.481 e. The van der Waals surface area contributed by atoms with E-state index in [1.807, 2.05) is 6.07 Å². The van der Waals surface area contributed by atoms with Gasteiger partial charge in [-0.1, -0.05) is 0 Å². The minimum Gasteiger partial charge on any atom is -0.481 e. The number of rotatable bonds is 4. The van der Waals surface area contributed by atoms with Crippen molar-refractivity contribution < 1.29 is 18.3 Å². The van der Waals surface area contributed by atoms with Gasteiger partial charge in [0.15, 0.2) is 11.2 Å². The SMILES string of the molecule is COc1cc([C@H]2C[C@@H](c3nc4c(=O)n(C)c(C)nc4n(C4CCC(F)(F)CC4)c3=O)CCO2)ccn1. The van der Waals surface area contributed by atoms with Gasteiger partial charge >= 0.3 is 0 Å². The minimum atomic E-state index is -2.75. The maximum atomic E-state index is 13.9. The summed E-state index contributed by atoms with van der Waals surface area (Å²) in [5.41, 5.74) is 0.657. The highest BCUT2D eigenvalue weighted by Gasteiger charge is 2.38. The van der Waals surface area contributed by atoms with Crippen molar-refractivity contribution in [2.24, 2.45) is 7.05 Å². The number of methoxy groups -OCH3 is 1. The highest BCUT2D eigenvalue weighted by atomic mass is 19.3. The molecule has 3 aromatic heterocycles. The van der Waals surface area contributed by atoms with Crippen molar-refractivity contribution in [3.8, 4) is 5.88 Å². The van der Waals surface area contributed by atoms with Gasteiger partial charge in [0.1, 0.15) is 11.5 Å². The average Bonchev–Trinajstić information content (AvgIpc) is 2.88. The summed E-state index contributed by atoms with van der Waals surface area (Å²) in [5.74, 6) is -2.13. The lowest BCUT2D eigenvalue weighted by Gasteiger charge is -2.32. The summed E-state index contributed by atoms with van der Waals surface area (Å²) in [6, 6.07) is 3.16. The molecule has 0 amide bonds. The maximum Gasteiger partial charge on any atom is 0.281 e. The molecule has 4 heterocycles. The lowest BCUT2D eigenvalue weighted by molar-refractivity contribution is -0.0440. The van der Waals surface area contributed by atoms with Gasteiger partial charge < -0.3 is 9.47 Å². The van der Waals surface area contributed by atoms with Crippen LogP contribution in [-0.4, -0.2) is 43.7 Å². The zero-order valence-corrected chi connectivity index (χ0v) is 20.5. The van der Waals surface area contributed by atoms with Gasteiger partial charge in [-0.2, -0.15) is 0 Å². The summed E-state index contributed by atoms with van der Waals surface area (Å²) < 4.78 is 41.9. The molecule has 0 N–H and O–H groups in total. The summed E-state index contributed by atoms with van der Waals surface area (Å²) in [4.78, 5) is 40.3. The molecular formula is C25H29F2N5O4. The third kappa shape index (κ3) is 4.40. The fraction of sp³-hybridized carbons (Fsp3) is 0.560. The Morgan fingerprint density at radius 3 is 2.61 bits per heavy atom. The van der Waals surface area contributed by atoms with E-state index in [2.05, 4.69) is 15.0 Å². The Labute approximate surface area is 206 Å². The molecule has 9 nitrogen and oxygen atoms in total. The summed E-state index contributed by atoms with van der Waals surface area (Å²) >= 11 is 0. The Kier molecular flexibility index (Phi) is 6.36. The number of fused-ring (bicyclic) bond motifs is 1. The van der Waals surface area contributed by atoms with Crippen LogP contribution in [0.5, 0.6) is 5.88 Å². The normalized spacial score (nSPS) is 22.6. The van der Waals surface area contributed by atoms with Crippen LogP contribution >= 0.6 is 0 Å². The quantitative estimate of drug-likeness (QED) is 0.539. The molecule has 0 unspecified atom stereocenters. The molecule has 1 aliphatic heterocycles. The average molecular weight is 502 g/mol. The van der Waals surface area contributed by atoms with Crippen LogP contribution in [0.25, 0.3) is 11.2 Å². The molecule has 1 saturated heterocycles. The van der Waals surface area contributed by atoms with E-state index in [1.54, 1.807) is 26.2 Å².